The van der Waals surface area contributed by atoms with E-state index in [1.807, 2.05) is 20.2 Å². The van der Waals surface area contributed by atoms with Gasteiger partial charge in [0.1, 0.15) is 0 Å². The van der Waals surface area contributed by atoms with Crippen molar-refractivity contribution >= 4 is 5.78 Å². The van der Waals surface area contributed by atoms with E-state index in [2.05, 4.69) is 92.4 Å². The SMILES string of the molecule is CCCCC1(CCCC)c2ccccc2-c2ccc(C(=O)C(C)(Cc3ccccc3)N(C)C)cc21. The molecule has 3 aromatic rings. The third-order valence-electron chi connectivity index (χ3n) is 8.31. The Bertz CT molecular complexity index is 1150. The Kier molecular flexibility index (Phi) is 7.62. The van der Waals surface area contributed by atoms with Crippen LogP contribution < -0.4 is 0 Å². The molecule has 0 amide bonds. The van der Waals surface area contributed by atoms with Crippen molar-refractivity contribution in [2.75, 3.05) is 14.1 Å². The highest BCUT2D eigenvalue weighted by Gasteiger charge is 2.43. The van der Waals surface area contributed by atoms with Gasteiger partial charge in [-0.3, -0.25) is 9.69 Å². The van der Waals surface area contributed by atoms with E-state index < -0.39 is 5.54 Å². The van der Waals surface area contributed by atoms with Gasteiger partial charge in [-0.2, -0.15) is 0 Å². The number of unbranched alkanes of at least 4 members (excludes halogenated alkanes) is 2. The van der Waals surface area contributed by atoms with Crippen LogP contribution in [0, 0.1) is 0 Å². The molecule has 3 aromatic carbocycles. The molecular weight excluding hydrogens is 426 g/mol. The van der Waals surface area contributed by atoms with Gasteiger partial charge in [-0.1, -0.05) is 106 Å². The van der Waals surface area contributed by atoms with E-state index in [0.29, 0.717) is 6.42 Å². The molecule has 184 valence electrons. The second-order valence-corrected chi connectivity index (χ2v) is 10.8. The minimum absolute atomic E-state index is 0.00217. The zero-order chi connectivity index (χ0) is 25.1. The summed E-state index contributed by atoms with van der Waals surface area (Å²) in [6, 6.07) is 25.9. The summed E-state index contributed by atoms with van der Waals surface area (Å²) in [5, 5.41) is 0. The summed E-state index contributed by atoms with van der Waals surface area (Å²) in [5.74, 6) is 0.199. The lowest BCUT2D eigenvalue weighted by Crippen LogP contribution is -2.50. The molecule has 0 spiro atoms. The van der Waals surface area contributed by atoms with Gasteiger partial charge in [0.05, 0.1) is 5.54 Å². The Hall–Kier alpha value is -2.71. The van der Waals surface area contributed by atoms with Crippen molar-refractivity contribution in [2.24, 2.45) is 0 Å². The maximum absolute atomic E-state index is 14.2. The molecule has 0 heterocycles. The number of carbonyl (C=O) groups excluding carboxylic acids is 1. The molecule has 35 heavy (non-hydrogen) atoms. The number of benzene rings is 3. The number of likely N-dealkylation sites (N-methyl/N-ethyl adjacent to an activating group) is 1. The van der Waals surface area contributed by atoms with E-state index in [-0.39, 0.29) is 11.2 Å². The topological polar surface area (TPSA) is 20.3 Å². The Labute approximate surface area is 212 Å². The second-order valence-electron chi connectivity index (χ2n) is 10.8. The minimum atomic E-state index is -0.615. The highest BCUT2D eigenvalue weighted by molar-refractivity contribution is 6.04. The predicted octanol–water partition coefficient (Wildman–Crippen LogP) is 8.08. The third kappa shape index (κ3) is 4.61. The van der Waals surface area contributed by atoms with Crippen LogP contribution in [0.4, 0.5) is 0 Å². The summed E-state index contributed by atoms with van der Waals surface area (Å²) in [5.41, 5.74) is 6.91. The van der Waals surface area contributed by atoms with E-state index in [9.17, 15) is 4.79 Å². The van der Waals surface area contributed by atoms with Crippen LogP contribution in [-0.2, 0) is 11.8 Å². The Morgan fingerprint density at radius 2 is 1.40 bits per heavy atom. The second kappa shape index (κ2) is 10.5. The first-order valence-corrected chi connectivity index (χ1v) is 13.4. The molecule has 0 saturated heterocycles. The maximum Gasteiger partial charge on any atom is 0.183 e. The van der Waals surface area contributed by atoms with Crippen molar-refractivity contribution < 1.29 is 4.79 Å². The van der Waals surface area contributed by atoms with Crippen molar-refractivity contribution in [3.8, 4) is 11.1 Å². The molecule has 0 N–H and O–H groups in total. The summed E-state index contributed by atoms with van der Waals surface area (Å²) in [6.45, 7) is 6.65. The average Bonchev–Trinajstić information content (AvgIpc) is 3.15. The Balaban J connectivity index is 1.81. The van der Waals surface area contributed by atoms with E-state index in [1.54, 1.807) is 0 Å². The fourth-order valence-electron chi connectivity index (χ4n) is 5.96. The number of carbonyl (C=O) groups is 1. The molecule has 2 nitrogen and oxygen atoms in total. The lowest BCUT2D eigenvalue weighted by molar-refractivity contribution is 0.0719. The van der Waals surface area contributed by atoms with E-state index in [0.717, 1.165) is 18.4 Å². The molecular formula is C33H41NO. The minimum Gasteiger partial charge on any atom is -0.297 e. The molecule has 0 bridgehead atoms. The van der Waals surface area contributed by atoms with Gasteiger partial charge in [-0.05, 0) is 74.2 Å². The van der Waals surface area contributed by atoms with Crippen LogP contribution in [0.2, 0.25) is 0 Å². The highest BCUT2D eigenvalue weighted by Crippen LogP contribution is 2.54. The van der Waals surface area contributed by atoms with Crippen molar-refractivity contribution in [2.45, 2.75) is 76.7 Å². The first kappa shape index (κ1) is 25.4. The third-order valence-corrected chi connectivity index (χ3v) is 8.31. The number of nitrogens with zero attached hydrogens (tertiary/aromatic N) is 1. The molecule has 0 aliphatic heterocycles. The summed E-state index contributed by atoms with van der Waals surface area (Å²) in [4.78, 5) is 16.3. The molecule has 0 aromatic heterocycles. The molecule has 0 radical (unpaired) electrons. The number of ketones is 1. The van der Waals surface area contributed by atoms with Crippen LogP contribution >= 0.6 is 0 Å². The van der Waals surface area contributed by atoms with Gasteiger partial charge >= 0.3 is 0 Å². The van der Waals surface area contributed by atoms with Crippen LogP contribution in [0.1, 0.15) is 86.3 Å². The number of rotatable bonds is 11. The van der Waals surface area contributed by atoms with Crippen LogP contribution in [0.25, 0.3) is 11.1 Å². The molecule has 0 saturated carbocycles. The van der Waals surface area contributed by atoms with Crippen molar-refractivity contribution in [3.63, 3.8) is 0 Å². The first-order valence-electron chi connectivity index (χ1n) is 13.4. The van der Waals surface area contributed by atoms with Crippen molar-refractivity contribution in [1.29, 1.82) is 0 Å². The van der Waals surface area contributed by atoms with Gasteiger partial charge in [0.15, 0.2) is 5.78 Å². The molecule has 4 rings (SSSR count). The number of hydrogen-bond donors (Lipinski definition) is 0. The van der Waals surface area contributed by atoms with Crippen molar-refractivity contribution in [3.05, 3.63) is 95.1 Å². The monoisotopic (exact) mass is 467 g/mol. The van der Waals surface area contributed by atoms with E-state index >= 15 is 0 Å². The van der Waals surface area contributed by atoms with Gasteiger partial charge in [0.25, 0.3) is 0 Å². The molecule has 1 aliphatic carbocycles. The van der Waals surface area contributed by atoms with Crippen LogP contribution in [0.3, 0.4) is 0 Å². The average molecular weight is 468 g/mol. The standard InChI is InChI=1S/C33H41NO/c1-6-8-21-33(22-9-7-2)29-18-14-13-17-27(29)28-20-19-26(23-30(28)33)31(35)32(3,34(4)5)24-25-15-11-10-12-16-25/h10-20,23H,6-9,21-22,24H2,1-5H3. The fourth-order valence-corrected chi connectivity index (χ4v) is 5.96. The molecule has 1 atom stereocenters. The number of hydrogen-bond acceptors (Lipinski definition) is 2. The lowest BCUT2D eigenvalue weighted by Gasteiger charge is -2.36. The van der Waals surface area contributed by atoms with Gasteiger partial charge < -0.3 is 0 Å². The van der Waals surface area contributed by atoms with Crippen molar-refractivity contribution in [1.82, 2.24) is 4.90 Å². The van der Waals surface area contributed by atoms with E-state index in [1.165, 1.54) is 53.5 Å². The fraction of sp³-hybridized carbons (Fsp3) is 0.424. The molecule has 1 aliphatic rings. The lowest BCUT2D eigenvalue weighted by atomic mass is 9.70. The number of Topliss-reactive ketones (excluding diaryl/α,β-unsaturated/α-hetero) is 1. The van der Waals surface area contributed by atoms with Crippen LogP contribution in [-0.4, -0.2) is 30.3 Å². The Morgan fingerprint density at radius 3 is 2.03 bits per heavy atom. The normalized spacial score (nSPS) is 15.5. The van der Waals surface area contributed by atoms with E-state index in [4.69, 9.17) is 0 Å². The van der Waals surface area contributed by atoms with Gasteiger partial charge in [0.2, 0.25) is 0 Å². The number of fused-ring (bicyclic) bond motifs is 3. The molecule has 2 heteroatoms. The largest absolute Gasteiger partial charge is 0.297 e. The maximum atomic E-state index is 14.2. The summed E-state index contributed by atoms with van der Waals surface area (Å²) < 4.78 is 0. The molecule has 1 unspecified atom stereocenters. The summed E-state index contributed by atoms with van der Waals surface area (Å²) in [7, 11) is 4.05. The van der Waals surface area contributed by atoms with Crippen LogP contribution in [0.15, 0.2) is 72.8 Å². The highest BCUT2D eigenvalue weighted by atomic mass is 16.1. The Morgan fingerprint density at radius 1 is 0.800 bits per heavy atom. The predicted molar refractivity (Wildman–Crippen MR) is 148 cm³/mol. The van der Waals surface area contributed by atoms with Gasteiger partial charge in [0, 0.05) is 11.0 Å². The smallest absolute Gasteiger partial charge is 0.183 e. The molecule has 0 fully saturated rings. The summed E-state index contributed by atoms with van der Waals surface area (Å²) in [6.07, 6.45) is 7.71. The van der Waals surface area contributed by atoms with Gasteiger partial charge in [-0.15, -0.1) is 0 Å². The first-order chi connectivity index (χ1) is 16.9. The van der Waals surface area contributed by atoms with Gasteiger partial charge in [-0.25, -0.2) is 0 Å². The zero-order valence-corrected chi connectivity index (χ0v) is 22.2. The zero-order valence-electron chi connectivity index (χ0n) is 22.2. The quantitative estimate of drug-likeness (QED) is 0.266. The van der Waals surface area contributed by atoms with Crippen LogP contribution in [0.5, 0.6) is 0 Å². The summed E-state index contributed by atoms with van der Waals surface area (Å²) >= 11 is 0.